The van der Waals surface area contributed by atoms with Crippen molar-refractivity contribution in [1.29, 1.82) is 0 Å². The first-order chi connectivity index (χ1) is 13.9. The molecule has 1 aromatic carbocycles. The second kappa shape index (κ2) is 8.31. The average Bonchev–Trinajstić information content (AvgIpc) is 3.21. The van der Waals surface area contributed by atoms with Crippen LogP contribution < -0.4 is 15.4 Å². The first-order valence-electron chi connectivity index (χ1n) is 11.1. The van der Waals surface area contributed by atoms with Gasteiger partial charge < -0.3 is 15.4 Å². The zero-order valence-corrected chi connectivity index (χ0v) is 18.0. The molecular weight excluding hydrogens is 360 g/mol. The van der Waals surface area contributed by atoms with Crippen molar-refractivity contribution in [3.63, 3.8) is 0 Å². The van der Waals surface area contributed by atoms with E-state index < -0.39 is 0 Å². The highest BCUT2D eigenvalue weighted by molar-refractivity contribution is 5.64. The molecule has 1 saturated heterocycles. The van der Waals surface area contributed by atoms with Crippen LogP contribution in [0.1, 0.15) is 64.9 Å². The van der Waals surface area contributed by atoms with Gasteiger partial charge in [0.05, 0.1) is 11.8 Å². The van der Waals surface area contributed by atoms with Crippen molar-refractivity contribution < 1.29 is 4.74 Å². The van der Waals surface area contributed by atoms with Gasteiger partial charge in [-0.2, -0.15) is 0 Å². The van der Waals surface area contributed by atoms with Crippen LogP contribution in [0.25, 0.3) is 11.3 Å². The zero-order valence-electron chi connectivity index (χ0n) is 18.0. The van der Waals surface area contributed by atoms with Crippen molar-refractivity contribution in [2.24, 2.45) is 5.73 Å². The minimum atomic E-state index is 0.00279. The molecule has 2 aliphatic rings. The molecule has 4 rings (SSSR count). The highest BCUT2D eigenvalue weighted by Crippen LogP contribution is 2.37. The van der Waals surface area contributed by atoms with Crippen molar-refractivity contribution >= 4 is 5.95 Å². The van der Waals surface area contributed by atoms with Crippen molar-refractivity contribution in [3.05, 3.63) is 36.0 Å². The van der Waals surface area contributed by atoms with Crippen LogP contribution >= 0.6 is 0 Å². The lowest BCUT2D eigenvalue weighted by Crippen LogP contribution is -2.40. The molecule has 5 nitrogen and oxygen atoms in total. The molecule has 0 amide bonds. The molecular formula is C24H34N4O. The summed E-state index contributed by atoms with van der Waals surface area (Å²) in [6.45, 7) is 8.58. The predicted octanol–water partition coefficient (Wildman–Crippen LogP) is 4.69. The molecule has 2 heterocycles. The van der Waals surface area contributed by atoms with Gasteiger partial charge in [-0.1, -0.05) is 20.8 Å². The van der Waals surface area contributed by atoms with Crippen LogP contribution in [0.3, 0.4) is 0 Å². The van der Waals surface area contributed by atoms with Gasteiger partial charge in [0.1, 0.15) is 5.75 Å². The Morgan fingerprint density at radius 1 is 1.03 bits per heavy atom. The summed E-state index contributed by atoms with van der Waals surface area (Å²) in [5.41, 5.74) is 9.37. The van der Waals surface area contributed by atoms with Gasteiger partial charge in [0, 0.05) is 36.5 Å². The fourth-order valence-electron chi connectivity index (χ4n) is 4.32. The zero-order chi connectivity index (χ0) is 20.4. The largest absolute Gasteiger partial charge is 0.490 e. The molecule has 0 spiro atoms. The standard InChI is InChI=1S/C24H34N4O/c1-24(2,3)20-16-17(8-9-22(20)29-19-6-4-5-7-19)21-10-13-26-23(27-21)28-14-11-18(25)12-15-28/h8-10,13,16,18-19H,4-7,11-12,14-15,25H2,1-3H3. The van der Waals surface area contributed by atoms with Crippen LogP contribution in [-0.2, 0) is 5.41 Å². The van der Waals surface area contributed by atoms with E-state index in [1.807, 2.05) is 12.3 Å². The van der Waals surface area contributed by atoms with E-state index in [9.17, 15) is 0 Å². The van der Waals surface area contributed by atoms with Gasteiger partial charge in [-0.3, -0.25) is 0 Å². The maximum atomic E-state index is 6.40. The third-order valence-electron chi connectivity index (χ3n) is 6.14. The lowest BCUT2D eigenvalue weighted by molar-refractivity contribution is 0.205. The van der Waals surface area contributed by atoms with E-state index in [-0.39, 0.29) is 5.41 Å². The maximum Gasteiger partial charge on any atom is 0.225 e. The third kappa shape index (κ3) is 4.72. The fraction of sp³-hybridized carbons (Fsp3) is 0.583. The molecule has 0 radical (unpaired) electrons. The molecule has 29 heavy (non-hydrogen) atoms. The number of piperidine rings is 1. The van der Waals surface area contributed by atoms with Crippen LogP contribution in [0.5, 0.6) is 5.75 Å². The Morgan fingerprint density at radius 3 is 2.45 bits per heavy atom. The molecule has 1 aliphatic heterocycles. The summed E-state index contributed by atoms with van der Waals surface area (Å²) in [5.74, 6) is 1.82. The number of benzene rings is 1. The molecule has 0 atom stereocenters. The lowest BCUT2D eigenvalue weighted by atomic mass is 9.85. The Kier molecular flexibility index (Phi) is 5.77. The monoisotopic (exact) mass is 394 g/mol. The smallest absolute Gasteiger partial charge is 0.225 e. The number of nitrogens with two attached hydrogens (primary N) is 1. The molecule has 2 aromatic rings. The van der Waals surface area contributed by atoms with Crippen LogP contribution in [0.15, 0.2) is 30.5 Å². The number of nitrogens with zero attached hydrogens (tertiary/aromatic N) is 3. The van der Waals surface area contributed by atoms with Gasteiger partial charge in [0.15, 0.2) is 0 Å². The number of aromatic nitrogens is 2. The van der Waals surface area contributed by atoms with Gasteiger partial charge >= 0.3 is 0 Å². The van der Waals surface area contributed by atoms with E-state index in [1.165, 1.54) is 31.2 Å². The molecule has 2 fully saturated rings. The Morgan fingerprint density at radius 2 is 1.76 bits per heavy atom. The number of hydrogen-bond acceptors (Lipinski definition) is 5. The van der Waals surface area contributed by atoms with E-state index in [1.54, 1.807) is 0 Å². The van der Waals surface area contributed by atoms with E-state index in [2.05, 4.69) is 48.9 Å². The van der Waals surface area contributed by atoms with Gasteiger partial charge in [-0.05, 0) is 68.2 Å². The van der Waals surface area contributed by atoms with E-state index >= 15 is 0 Å². The first kappa shape index (κ1) is 20.1. The van der Waals surface area contributed by atoms with Crippen LogP contribution in [0.4, 0.5) is 5.95 Å². The molecule has 1 aromatic heterocycles. The summed E-state index contributed by atoms with van der Waals surface area (Å²) < 4.78 is 6.40. The second-order valence-corrected chi connectivity index (χ2v) is 9.55. The molecule has 1 saturated carbocycles. The number of anilines is 1. The molecule has 1 aliphatic carbocycles. The SMILES string of the molecule is CC(C)(C)c1cc(-c2ccnc(N3CCC(N)CC3)n2)ccc1OC1CCCC1. The maximum absolute atomic E-state index is 6.40. The summed E-state index contributed by atoms with van der Waals surface area (Å²) in [5, 5.41) is 0. The number of rotatable bonds is 4. The summed E-state index contributed by atoms with van der Waals surface area (Å²) in [4.78, 5) is 11.6. The van der Waals surface area contributed by atoms with Crippen molar-refractivity contribution in [2.75, 3.05) is 18.0 Å². The Labute approximate surface area is 174 Å². The van der Waals surface area contributed by atoms with Crippen molar-refractivity contribution in [2.45, 2.75) is 76.9 Å². The summed E-state index contributed by atoms with van der Waals surface area (Å²) in [7, 11) is 0. The first-order valence-corrected chi connectivity index (χ1v) is 11.1. The molecule has 2 N–H and O–H groups in total. The Bertz CT molecular complexity index is 831. The van der Waals surface area contributed by atoms with E-state index in [0.29, 0.717) is 12.1 Å². The van der Waals surface area contributed by atoms with Gasteiger partial charge in [0.25, 0.3) is 0 Å². The minimum absolute atomic E-state index is 0.00279. The van der Waals surface area contributed by atoms with Gasteiger partial charge in [0.2, 0.25) is 5.95 Å². The summed E-state index contributed by atoms with van der Waals surface area (Å²) in [6.07, 6.45) is 9.10. The second-order valence-electron chi connectivity index (χ2n) is 9.55. The van der Waals surface area contributed by atoms with E-state index in [4.69, 9.17) is 15.5 Å². The van der Waals surface area contributed by atoms with Gasteiger partial charge in [-0.15, -0.1) is 0 Å². The summed E-state index contributed by atoms with van der Waals surface area (Å²) in [6, 6.07) is 8.82. The Hall–Kier alpha value is -2.14. The molecule has 0 bridgehead atoms. The van der Waals surface area contributed by atoms with Crippen LogP contribution in [-0.4, -0.2) is 35.2 Å². The predicted molar refractivity (Wildman–Crippen MR) is 118 cm³/mol. The highest BCUT2D eigenvalue weighted by Gasteiger charge is 2.24. The van der Waals surface area contributed by atoms with Crippen molar-refractivity contribution in [1.82, 2.24) is 9.97 Å². The molecule has 0 unspecified atom stereocenters. The minimum Gasteiger partial charge on any atom is -0.490 e. The number of ether oxygens (including phenoxy) is 1. The normalized spacial score (nSPS) is 19.0. The quantitative estimate of drug-likeness (QED) is 0.815. The van der Waals surface area contributed by atoms with Gasteiger partial charge in [-0.25, -0.2) is 9.97 Å². The fourth-order valence-corrected chi connectivity index (χ4v) is 4.32. The van der Waals surface area contributed by atoms with E-state index in [0.717, 1.165) is 48.9 Å². The lowest BCUT2D eigenvalue weighted by Gasteiger charge is -2.30. The van der Waals surface area contributed by atoms with Crippen LogP contribution in [0, 0.1) is 0 Å². The average molecular weight is 395 g/mol. The molecule has 156 valence electrons. The number of hydrogen-bond donors (Lipinski definition) is 1. The highest BCUT2D eigenvalue weighted by atomic mass is 16.5. The molecule has 5 heteroatoms. The topological polar surface area (TPSA) is 64.3 Å². The van der Waals surface area contributed by atoms with Crippen molar-refractivity contribution in [3.8, 4) is 17.0 Å². The third-order valence-corrected chi connectivity index (χ3v) is 6.14. The summed E-state index contributed by atoms with van der Waals surface area (Å²) >= 11 is 0. The Balaban J connectivity index is 1.62. The van der Waals surface area contributed by atoms with Crippen LogP contribution in [0.2, 0.25) is 0 Å².